The normalized spacial score (nSPS) is 18.2. The molecule has 0 spiro atoms. The first-order valence-electron chi connectivity index (χ1n) is 9.31. The van der Waals surface area contributed by atoms with Gasteiger partial charge in [-0.05, 0) is 42.3 Å². The summed E-state index contributed by atoms with van der Waals surface area (Å²) in [6, 6.07) is 8.58. The molecule has 0 saturated carbocycles. The van der Waals surface area contributed by atoms with Crippen molar-refractivity contribution >= 4 is 34.8 Å². The van der Waals surface area contributed by atoms with Gasteiger partial charge in [0.15, 0.2) is 11.6 Å². The van der Waals surface area contributed by atoms with E-state index in [0.717, 1.165) is 23.4 Å². The van der Waals surface area contributed by atoms with Gasteiger partial charge in [0.1, 0.15) is 0 Å². The molecule has 2 aliphatic heterocycles. The number of nitrogens with zero attached hydrogens (tertiary/aromatic N) is 2. The van der Waals surface area contributed by atoms with Crippen molar-refractivity contribution in [3.05, 3.63) is 53.6 Å². The van der Waals surface area contributed by atoms with Crippen LogP contribution in [0.1, 0.15) is 18.9 Å². The molecule has 1 saturated heterocycles. The van der Waals surface area contributed by atoms with E-state index in [1.54, 1.807) is 15.9 Å². The van der Waals surface area contributed by atoms with Crippen LogP contribution >= 0.6 is 0 Å². The van der Waals surface area contributed by atoms with Gasteiger partial charge in [-0.3, -0.25) is 14.4 Å². The molecular formula is C21H19F2N3O3. The summed E-state index contributed by atoms with van der Waals surface area (Å²) in [7, 11) is 0. The Morgan fingerprint density at radius 3 is 2.62 bits per heavy atom. The molecule has 29 heavy (non-hydrogen) atoms. The van der Waals surface area contributed by atoms with Crippen molar-refractivity contribution in [1.82, 2.24) is 0 Å². The van der Waals surface area contributed by atoms with E-state index in [2.05, 4.69) is 5.32 Å². The number of carbonyl (C=O) groups excluding carboxylic acids is 3. The van der Waals surface area contributed by atoms with Gasteiger partial charge in [-0.2, -0.15) is 0 Å². The van der Waals surface area contributed by atoms with Gasteiger partial charge in [0.05, 0.1) is 5.92 Å². The summed E-state index contributed by atoms with van der Waals surface area (Å²) in [5.41, 5.74) is 2.66. The fourth-order valence-electron chi connectivity index (χ4n) is 3.83. The second-order valence-corrected chi connectivity index (χ2v) is 7.26. The molecule has 4 rings (SSSR count). The van der Waals surface area contributed by atoms with Crippen LogP contribution in [-0.2, 0) is 20.8 Å². The van der Waals surface area contributed by atoms with Gasteiger partial charge in [0, 0.05) is 49.6 Å². The topological polar surface area (TPSA) is 69.7 Å². The monoisotopic (exact) mass is 399 g/mol. The van der Waals surface area contributed by atoms with E-state index >= 15 is 0 Å². The first-order chi connectivity index (χ1) is 13.8. The van der Waals surface area contributed by atoms with Gasteiger partial charge in [-0.15, -0.1) is 0 Å². The first-order valence-corrected chi connectivity index (χ1v) is 9.31. The number of amides is 3. The van der Waals surface area contributed by atoms with E-state index in [-0.39, 0.29) is 30.5 Å². The smallest absolute Gasteiger partial charge is 0.229 e. The zero-order valence-electron chi connectivity index (χ0n) is 15.7. The molecule has 8 heteroatoms. The third-order valence-electron chi connectivity index (χ3n) is 5.33. The predicted octanol–water partition coefficient (Wildman–Crippen LogP) is 2.87. The zero-order chi connectivity index (χ0) is 20.7. The predicted molar refractivity (Wildman–Crippen MR) is 104 cm³/mol. The van der Waals surface area contributed by atoms with Crippen LogP contribution in [0, 0.1) is 17.6 Å². The average molecular weight is 399 g/mol. The third kappa shape index (κ3) is 3.57. The molecule has 2 aromatic rings. The average Bonchev–Trinajstić information content (AvgIpc) is 3.27. The molecule has 150 valence electrons. The SMILES string of the molecule is CC(=O)N1CCc2cc(N3C[C@H](C(=O)Nc4ccc(F)c(F)c4)CC3=O)ccc21. The number of rotatable bonds is 3. The minimum Gasteiger partial charge on any atom is -0.326 e. The Balaban J connectivity index is 1.47. The Hall–Kier alpha value is -3.29. The number of benzene rings is 2. The fraction of sp³-hybridized carbons (Fsp3) is 0.286. The second-order valence-electron chi connectivity index (χ2n) is 7.26. The van der Waals surface area contributed by atoms with Gasteiger partial charge in [0.2, 0.25) is 17.7 Å². The molecule has 0 aromatic heterocycles. The maximum Gasteiger partial charge on any atom is 0.229 e. The Labute approximate surface area is 166 Å². The molecule has 1 atom stereocenters. The Morgan fingerprint density at radius 1 is 1.10 bits per heavy atom. The molecule has 1 fully saturated rings. The number of nitrogens with one attached hydrogen (secondary N) is 1. The molecule has 0 unspecified atom stereocenters. The maximum absolute atomic E-state index is 13.3. The molecule has 2 heterocycles. The maximum atomic E-state index is 13.3. The standard InChI is InChI=1S/C21H19F2N3O3/c1-12(27)25-7-6-13-8-16(3-5-19(13)25)26-11-14(9-20(26)28)21(29)24-15-2-4-17(22)18(23)10-15/h2-5,8,10,14H,6-7,9,11H2,1H3,(H,24,29)/t14-/m1/s1. The molecule has 1 N–H and O–H groups in total. The largest absolute Gasteiger partial charge is 0.326 e. The van der Waals surface area contributed by atoms with Gasteiger partial charge >= 0.3 is 0 Å². The van der Waals surface area contributed by atoms with E-state index in [1.165, 1.54) is 13.0 Å². The van der Waals surface area contributed by atoms with Gasteiger partial charge in [-0.1, -0.05) is 0 Å². The highest BCUT2D eigenvalue weighted by Crippen LogP contribution is 2.34. The highest BCUT2D eigenvalue weighted by Gasteiger charge is 2.36. The Kier molecular flexibility index (Phi) is 4.77. The van der Waals surface area contributed by atoms with Crippen molar-refractivity contribution in [3.63, 3.8) is 0 Å². The number of hydrogen-bond acceptors (Lipinski definition) is 3. The summed E-state index contributed by atoms with van der Waals surface area (Å²) >= 11 is 0. The molecule has 6 nitrogen and oxygen atoms in total. The van der Waals surface area contributed by atoms with E-state index in [4.69, 9.17) is 0 Å². The molecule has 3 amide bonds. The lowest BCUT2D eigenvalue weighted by atomic mass is 10.1. The first kappa shape index (κ1) is 19.0. The van der Waals surface area contributed by atoms with Gasteiger partial charge in [0.25, 0.3) is 0 Å². The fourth-order valence-corrected chi connectivity index (χ4v) is 3.83. The molecule has 2 aliphatic rings. The summed E-state index contributed by atoms with van der Waals surface area (Å²) in [4.78, 5) is 39.9. The molecule has 0 bridgehead atoms. The van der Waals surface area contributed by atoms with Crippen LogP contribution in [0.5, 0.6) is 0 Å². The van der Waals surface area contributed by atoms with Crippen LogP contribution in [-0.4, -0.2) is 30.8 Å². The Morgan fingerprint density at radius 2 is 1.90 bits per heavy atom. The zero-order valence-corrected chi connectivity index (χ0v) is 15.7. The van der Waals surface area contributed by atoms with Gasteiger partial charge < -0.3 is 15.1 Å². The summed E-state index contributed by atoms with van der Waals surface area (Å²) < 4.78 is 26.4. The lowest BCUT2D eigenvalue weighted by molar-refractivity contribution is -0.122. The van der Waals surface area contributed by atoms with E-state index in [1.807, 2.05) is 12.1 Å². The van der Waals surface area contributed by atoms with E-state index in [9.17, 15) is 23.2 Å². The van der Waals surface area contributed by atoms with Crippen LogP contribution in [0.3, 0.4) is 0 Å². The van der Waals surface area contributed by atoms with Crippen LogP contribution in [0.25, 0.3) is 0 Å². The van der Waals surface area contributed by atoms with Gasteiger partial charge in [-0.25, -0.2) is 8.78 Å². The lowest BCUT2D eigenvalue weighted by Gasteiger charge is -2.19. The highest BCUT2D eigenvalue weighted by molar-refractivity contribution is 6.04. The molecular weight excluding hydrogens is 380 g/mol. The Bertz CT molecular complexity index is 1020. The number of carbonyl (C=O) groups is 3. The molecule has 0 aliphatic carbocycles. The number of halogens is 2. The minimum absolute atomic E-state index is 0.0253. The summed E-state index contributed by atoms with van der Waals surface area (Å²) in [5.74, 6) is -3.28. The quantitative estimate of drug-likeness (QED) is 0.863. The van der Waals surface area contributed by atoms with E-state index in [0.29, 0.717) is 18.7 Å². The van der Waals surface area contributed by atoms with Crippen molar-refractivity contribution in [2.24, 2.45) is 5.92 Å². The van der Waals surface area contributed by atoms with Crippen LogP contribution in [0.15, 0.2) is 36.4 Å². The highest BCUT2D eigenvalue weighted by atomic mass is 19.2. The van der Waals surface area contributed by atoms with Crippen LogP contribution < -0.4 is 15.1 Å². The van der Waals surface area contributed by atoms with Crippen molar-refractivity contribution < 1.29 is 23.2 Å². The number of fused-ring (bicyclic) bond motifs is 1. The van der Waals surface area contributed by atoms with Crippen LogP contribution in [0.4, 0.5) is 25.8 Å². The lowest BCUT2D eigenvalue weighted by Crippen LogP contribution is -2.28. The van der Waals surface area contributed by atoms with Crippen molar-refractivity contribution in [3.8, 4) is 0 Å². The van der Waals surface area contributed by atoms with Crippen molar-refractivity contribution in [2.75, 3.05) is 28.2 Å². The minimum atomic E-state index is -1.05. The molecule has 0 radical (unpaired) electrons. The van der Waals surface area contributed by atoms with Crippen molar-refractivity contribution in [2.45, 2.75) is 19.8 Å². The summed E-state index contributed by atoms with van der Waals surface area (Å²) in [6.07, 6.45) is 0.747. The van der Waals surface area contributed by atoms with E-state index < -0.39 is 23.5 Å². The number of anilines is 3. The number of hydrogen-bond donors (Lipinski definition) is 1. The van der Waals surface area contributed by atoms with Crippen molar-refractivity contribution in [1.29, 1.82) is 0 Å². The second kappa shape index (κ2) is 7.27. The summed E-state index contributed by atoms with van der Waals surface area (Å²) in [5, 5.41) is 2.54. The molecule has 2 aromatic carbocycles. The third-order valence-corrected chi connectivity index (χ3v) is 5.33. The summed E-state index contributed by atoms with van der Waals surface area (Å²) in [6.45, 7) is 2.33. The van der Waals surface area contributed by atoms with Crippen LogP contribution in [0.2, 0.25) is 0 Å².